The molecule has 1 unspecified atom stereocenters. The molecule has 4 heteroatoms. The highest BCUT2D eigenvalue weighted by atomic mass is 16.5. The quantitative estimate of drug-likeness (QED) is 0.575. The van der Waals surface area contributed by atoms with Gasteiger partial charge in [-0.25, -0.2) is 4.79 Å². The second kappa shape index (κ2) is 6.71. The van der Waals surface area contributed by atoms with Gasteiger partial charge in [-0.3, -0.25) is 4.79 Å². The number of hydrogen-bond acceptors (Lipinski definition) is 3. The van der Waals surface area contributed by atoms with E-state index in [1.165, 1.54) is 7.11 Å². The summed E-state index contributed by atoms with van der Waals surface area (Å²) in [5.74, 6) is -1.52. The zero-order valence-corrected chi connectivity index (χ0v) is 13.7. The molecule has 0 aliphatic carbocycles. The highest BCUT2D eigenvalue weighted by Crippen LogP contribution is 2.34. The van der Waals surface area contributed by atoms with Gasteiger partial charge in [0.1, 0.15) is 0 Å². The molecule has 0 spiro atoms. The van der Waals surface area contributed by atoms with Gasteiger partial charge < -0.3 is 9.72 Å². The van der Waals surface area contributed by atoms with Crippen molar-refractivity contribution in [1.82, 2.24) is 4.98 Å². The standard InChI is InChI=1S/C20H19NO3/c1-13-8-9-18-16(10-13)17(12-21-18)15(11-19(22)20(23)24-2)14-6-4-3-5-7-14/h3-10,12,15,21H,11H2,1-2H3. The first-order valence-corrected chi connectivity index (χ1v) is 7.84. The number of fused-ring (bicyclic) bond motifs is 1. The lowest BCUT2D eigenvalue weighted by molar-refractivity contribution is -0.151. The van der Waals surface area contributed by atoms with E-state index in [1.807, 2.05) is 55.6 Å². The van der Waals surface area contributed by atoms with Crippen molar-refractivity contribution in [3.8, 4) is 0 Å². The lowest BCUT2D eigenvalue weighted by Crippen LogP contribution is -2.19. The molecule has 3 aromatic rings. The zero-order chi connectivity index (χ0) is 17.1. The molecule has 0 saturated carbocycles. The smallest absolute Gasteiger partial charge is 0.374 e. The molecule has 4 nitrogen and oxygen atoms in total. The second-order valence-electron chi connectivity index (χ2n) is 5.88. The Morgan fingerprint density at radius 2 is 1.88 bits per heavy atom. The van der Waals surface area contributed by atoms with E-state index in [0.29, 0.717) is 0 Å². The molecule has 24 heavy (non-hydrogen) atoms. The molecule has 1 N–H and O–H groups in total. The lowest BCUT2D eigenvalue weighted by Gasteiger charge is -2.16. The van der Waals surface area contributed by atoms with Crippen LogP contribution in [0.2, 0.25) is 0 Å². The predicted molar refractivity (Wildman–Crippen MR) is 93.0 cm³/mol. The zero-order valence-electron chi connectivity index (χ0n) is 13.7. The molecule has 1 heterocycles. The number of hydrogen-bond donors (Lipinski definition) is 1. The van der Waals surface area contributed by atoms with Crippen LogP contribution in [0.4, 0.5) is 0 Å². The predicted octanol–water partition coefficient (Wildman–Crippen LogP) is 3.74. The molecule has 0 aliphatic heterocycles. The molecule has 1 aromatic heterocycles. The van der Waals surface area contributed by atoms with Gasteiger partial charge in [0.05, 0.1) is 7.11 Å². The number of aromatic amines is 1. The summed E-state index contributed by atoms with van der Waals surface area (Å²) in [4.78, 5) is 27.0. The lowest BCUT2D eigenvalue weighted by atomic mass is 9.86. The van der Waals surface area contributed by atoms with Crippen molar-refractivity contribution in [3.63, 3.8) is 0 Å². The number of carbonyl (C=O) groups excluding carboxylic acids is 2. The fourth-order valence-corrected chi connectivity index (χ4v) is 3.02. The molecule has 0 bridgehead atoms. The first-order chi connectivity index (χ1) is 11.6. The van der Waals surface area contributed by atoms with Gasteiger partial charge in [-0.2, -0.15) is 0 Å². The number of aryl methyl sites for hydroxylation is 1. The third kappa shape index (κ3) is 3.08. The maximum absolute atomic E-state index is 12.2. The van der Waals surface area contributed by atoms with E-state index < -0.39 is 11.8 Å². The number of Topliss-reactive ketones (excluding diaryl/α,β-unsaturated/α-hetero) is 1. The highest BCUT2D eigenvalue weighted by Gasteiger charge is 2.25. The summed E-state index contributed by atoms with van der Waals surface area (Å²) in [5, 5.41) is 1.07. The van der Waals surface area contributed by atoms with Crippen LogP contribution in [0.15, 0.2) is 54.7 Å². The van der Waals surface area contributed by atoms with Gasteiger partial charge in [0.2, 0.25) is 5.78 Å². The highest BCUT2D eigenvalue weighted by molar-refractivity contribution is 6.33. The Hall–Kier alpha value is -2.88. The first-order valence-electron chi connectivity index (χ1n) is 7.84. The third-order valence-electron chi connectivity index (χ3n) is 4.25. The van der Waals surface area contributed by atoms with Gasteiger partial charge in [0, 0.05) is 29.4 Å². The van der Waals surface area contributed by atoms with Crippen LogP contribution in [0.5, 0.6) is 0 Å². The number of H-pyrrole nitrogens is 1. The number of carbonyl (C=O) groups is 2. The van der Waals surface area contributed by atoms with E-state index >= 15 is 0 Å². The molecule has 2 aromatic carbocycles. The van der Waals surface area contributed by atoms with Crippen molar-refractivity contribution in [2.75, 3.05) is 7.11 Å². The molecule has 0 radical (unpaired) electrons. The Labute approximate surface area is 140 Å². The molecule has 1 atom stereocenters. The Balaban J connectivity index is 2.08. The summed E-state index contributed by atoms with van der Waals surface area (Å²) in [7, 11) is 1.23. The van der Waals surface area contributed by atoms with Gasteiger partial charge in [-0.05, 0) is 30.2 Å². The third-order valence-corrected chi connectivity index (χ3v) is 4.25. The molecule has 122 valence electrons. The van der Waals surface area contributed by atoms with E-state index in [2.05, 4.69) is 15.8 Å². The van der Waals surface area contributed by atoms with Crippen LogP contribution in [-0.2, 0) is 14.3 Å². The number of benzene rings is 2. The number of methoxy groups -OCH3 is 1. The summed E-state index contributed by atoms with van der Waals surface area (Å²) in [6.07, 6.45) is 2.00. The minimum absolute atomic E-state index is 0.0809. The number of nitrogens with one attached hydrogen (secondary N) is 1. The Morgan fingerprint density at radius 3 is 2.58 bits per heavy atom. The molecule has 0 amide bonds. The fourth-order valence-electron chi connectivity index (χ4n) is 3.02. The molecular formula is C20H19NO3. The Morgan fingerprint density at radius 1 is 1.12 bits per heavy atom. The summed E-state index contributed by atoms with van der Waals surface area (Å²) >= 11 is 0. The summed E-state index contributed by atoms with van der Waals surface area (Å²) in [6.45, 7) is 2.04. The first kappa shape index (κ1) is 16.0. The number of ether oxygens (including phenoxy) is 1. The van der Waals surface area contributed by atoms with Crippen molar-refractivity contribution >= 4 is 22.7 Å². The largest absolute Gasteiger partial charge is 0.463 e. The maximum atomic E-state index is 12.2. The van der Waals surface area contributed by atoms with E-state index in [4.69, 9.17) is 0 Å². The minimum atomic E-state index is -0.799. The summed E-state index contributed by atoms with van der Waals surface area (Å²) < 4.78 is 4.58. The molecular weight excluding hydrogens is 302 g/mol. The Kier molecular flexibility index (Phi) is 4.47. The van der Waals surface area contributed by atoms with Gasteiger partial charge in [0.25, 0.3) is 0 Å². The fraction of sp³-hybridized carbons (Fsp3) is 0.200. The van der Waals surface area contributed by atoms with Gasteiger partial charge in [-0.15, -0.1) is 0 Å². The van der Waals surface area contributed by atoms with E-state index in [1.54, 1.807) is 0 Å². The average molecular weight is 321 g/mol. The molecule has 0 fully saturated rings. The van der Waals surface area contributed by atoms with Crippen molar-refractivity contribution in [1.29, 1.82) is 0 Å². The van der Waals surface area contributed by atoms with Gasteiger partial charge in [-0.1, -0.05) is 42.0 Å². The number of rotatable bonds is 5. The van der Waals surface area contributed by atoms with Gasteiger partial charge >= 0.3 is 5.97 Å². The van der Waals surface area contributed by atoms with E-state index in [9.17, 15) is 9.59 Å². The van der Waals surface area contributed by atoms with Crippen LogP contribution in [0.3, 0.4) is 0 Å². The number of aromatic nitrogens is 1. The normalized spacial score (nSPS) is 12.1. The summed E-state index contributed by atoms with van der Waals surface area (Å²) in [6, 6.07) is 15.9. The second-order valence-corrected chi connectivity index (χ2v) is 5.88. The van der Waals surface area contributed by atoms with Crippen LogP contribution in [0.25, 0.3) is 10.9 Å². The van der Waals surface area contributed by atoms with Crippen LogP contribution in [-0.4, -0.2) is 23.8 Å². The SMILES string of the molecule is COC(=O)C(=O)CC(c1ccccc1)c1c[nH]c2ccc(C)cc12. The van der Waals surface area contributed by atoms with E-state index in [0.717, 1.165) is 27.6 Å². The minimum Gasteiger partial charge on any atom is -0.463 e. The Bertz CT molecular complexity index is 880. The molecule has 0 aliphatic rings. The number of ketones is 1. The van der Waals surface area contributed by atoms with Crippen LogP contribution in [0, 0.1) is 6.92 Å². The van der Waals surface area contributed by atoms with Crippen molar-refractivity contribution in [3.05, 3.63) is 71.4 Å². The van der Waals surface area contributed by atoms with Gasteiger partial charge in [0.15, 0.2) is 0 Å². The van der Waals surface area contributed by atoms with Crippen LogP contribution in [0.1, 0.15) is 29.0 Å². The monoisotopic (exact) mass is 321 g/mol. The van der Waals surface area contributed by atoms with E-state index in [-0.39, 0.29) is 12.3 Å². The van der Waals surface area contributed by atoms with Crippen molar-refractivity contribution < 1.29 is 14.3 Å². The van der Waals surface area contributed by atoms with Crippen LogP contribution < -0.4 is 0 Å². The van der Waals surface area contributed by atoms with Crippen LogP contribution >= 0.6 is 0 Å². The molecule has 3 rings (SSSR count). The average Bonchev–Trinajstić information content (AvgIpc) is 3.02. The van der Waals surface area contributed by atoms with Crippen molar-refractivity contribution in [2.24, 2.45) is 0 Å². The maximum Gasteiger partial charge on any atom is 0.374 e. The molecule has 0 saturated heterocycles. The topological polar surface area (TPSA) is 59.2 Å². The number of esters is 1. The summed E-state index contributed by atoms with van der Waals surface area (Å²) in [5.41, 5.74) is 4.17. The van der Waals surface area contributed by atoms with Crippen molar-refractivity contribution in [2.45, 2.75) is 19.3 Å².